The highest BCUT2D eigenvalue weighted by Crippen LogP contribution is 2.25. The van der Waals surface area contributed by atoms with E-state index < -0.39 is 5.91 Å². The van der Waals surface area contributed by atoms with Gasteiger partial charge in [0.2, 0.25) is 0 Å². The number of carbonyl (C=O) groups is 1. The smallest absolute Gasteiger partial charge is 0.267 e. The van der Waals surface area contributed by atoms with Crippen LogP contribution in [-0.2, 0) is 4.79 Å². The van der Waals surface area contributed by atoms with Crippen molar-refractivity contribution in [2.24, 2.45) is 0 Å². The highest BCUT2D eigenvalue weighted by atomic mass is 35.5. The fraction of sp³-hybridized carbons (Fsp3) is 0.231. The van der Waals surface area contributed by atoms with E-state index in [0.717, 1.165) is 0 Å². The van der Waals surface area contributed by atoms with Crippen LogP contribution in [0.2, 0.25) is 10.0 Å². The molecule has 0 aliphatic carbocycles. The maximum Gasteiger partial charge on any atom is 0.267 e. The number of benzene rings is 1. The van der Waals surface area contributed by atoms with Crippen LogP contribution in [0, 0.1) is 11.3 Å². The van der Waals surface area contributed by atoms with Crippen molar-refractivity contribution >= 4 is 34.8 Å². The molecule has 0 bridgehead atoms. The lowest BCUT2D eigenvalue weighted by Gasteiger charge is -2.06. The minimum Gasteiger partial charge on any atom is -0.396 e. The Morgan fingerprint density at radius 2 is 2.15 bits per heavy atom. The fourth-order valence-corrected chi connectivity index (χ4v) is 1.57. The van der Waals surface area contributed by atoms with Gasteiger partial charge < -0.3 is 15.7 Å². The highest BCUT2D eigenvalue weighted by Gasteiger charge is 2.09. The molecule has 0 aromatic heterocycles. The summed E-state index contributed by atoms with van der Waals surface area (Å²) < 4.78 is 0. The molecule has 0 spiro atoms. The number of amides is 1. The van der Waals surface area contributed by atoms with Gasteiger partial charge >= 0.3 is 0 Å². The van der Waals surface area contributed by atoms with Crippen LogP contribution in [0.1, 0.15) is 6.42 Å². The number of aliphatic hydroxyl groups is 1. The lowest BCUT2D eigenvalue weighted by Crippen LogP contribution is -2.17. The fourth-order valence-electron chi connectivity index (χ4n) is 1.28. The summed E-state index contributed by atoms with van der Waals surface area (Å²) in [5, 5.41) is 23.5. The molecule has 0 saturated carbocycles. The first-order valence-corrected chi connectivity index (χ1v) is 6.55. The molecule has 0 fully saturated rings. The van der Waals surface area contributed by atoms with Crippen LogP contribution in [0.15, 0.2) is 30.0 Å². The zero-order valence-electron chi connectivity index (χ0n) is 10.5. The molecule has 0 unspecified atom stereocenters. The monoisotopic (exact) mass is 313 g/mol. The molecule has 3 N–H and O–H groups in total. The molecule has 0 atom stereocenters. The van der Waals surface area contributed by atoms with E-state index in [1.165, 1.54) is 12.3 Å². The Labute approximate surface area is 126 Å². The summed E-state index contributed by atoms with van der Waals surface area (Å²) in [6.07, 6.45) is 1.84. The number of hydrogen-bond donors (Lipinski definition) is 3. The third kappa shape index (κ3) is 5.10. The quantitative estimate of drug-likeness (QED) is 0.427. The van der Waals surface area contributed by atoms with E-state index in [1.807, 2.05) is 0 Å². The number of anilines is 1. The standard InChI is InChI=1S/C13H13Cl2N3O2/c14-11-3-2-10(6-12(11)15)18-13(20)9(7-16)8-17-4-1-5-19/h2-3,6,8,17,19H,1,4-5H2,(H,18,20)/b9-8-. The van der Waals surface area contributed by atoms with Gasteiger partial charge in [0.25, 0.3) is 5.91 Å². The first-order chi connectivity index (χ1) is 9.58. The van der Waals surface area contributed by atoms with Crippen LogP contribution in [0.5, 0.6) is 0 Å². The number of nitrogens with zero attached hydrogens (tertiary/aromatic N) is 1. The maximum absolute atomic E-state index is 11.8. The summed E-state index contributed by atoms with van der Waals surface area (Å²) in [7, 11) is 0. The molecule has 1 rings (SSSR count). The molecule has 0 heterocycles. The van der Waals surface area contributed by atoms with Crippen molar-refractivity contribution in [2.45, 2.75) is 6.42 Å². The van der Waals surface area contributed by atoms with Crippen LogP contribution >= 0.6 is 23.2 Å². The van der Waals surface area contributed by atoms with Crippen LogP contribution in [0.4, 0.5) is 5.69 Å². The van der Waals surface area contributed by atoms with Crippen LogP contribution in [0.25, 0.3) is 0 Å². The average Bonchev–Trinajstić information content (AvgIpc) is 2.43. The van der Waals surface area contributed by atoms with E-state index in [2.05, 4.69) is 10.6 Å². The second kappa shape index (κ2) is 8.43. The zero-order chi connectivity index (χ0) is 15.0. The minimum atomic E-state index is -0.553. The summed E-state index contributed by atoms with van der Waals surface area (Å²) in [4.78, 5) is 11.8. The predicted molar refractivity (Wildman–Crippen MR) is 78.5 cm³/mol. The molecule has 1 amide bonds. The highest BCUT2D eigenvalue weighted by molar-refractivity contribution is 6.42. The number of hydrogen-bond acceptors (Lipinski definition) is 4. The SMILES string of the molecule is N#C/C(=C/NCCCO)C(=O)Nc1ccc(Cl)c(Cl)c1. The van der Waals surface area contributed by atoms with Crippen LogP contribution in [-0.4, -0.2) is 24.2 Å². The second-order valence-corrected chi connectivity index (χ2v) is 4.60. The van der Waals surface area contributed by atoms with Crippen molar-refractivity contribution in [1.82, 2.24) is 5.32 Å². The third-order valence-electron chi connectivity index (χ3n) is 2.27. The van der Waals surface area contributed by atoms with E-state index in [1.54, 1.807) is 18.2 Å². The number of halogens is 2. The van der Waals surface area contributed by atoms with Gasteiger partial charge in [-0.1, -0.05) is 23.2 Å². The Morgan fingerprint density at radius 3 is 2.75 bits per heavy atom. The van der Waals surface area contributed by atoms with Crippen molar-refractivity contribution < 1.29 is 9.90 Å². The Kier molecular flexibility index (Phi) is 6.88. The lowest BCUT2D eigenvalue weighted by molar-refractivity contribution is -0.112. The van der Waals surface area contributed by atoms with Gasteiger partial charge in [0, 0.05) is 25.0 Å². The summed E-state index contributed by atoms with van der Waals surface area (Å²) in [6, 6.07) is 6.42. The number of nitrogens with one attached hydrogen (secondary N) is 2. The first-order valence-electron chi connectivity index (χ1n) is 5.79. The van der Waals surface area contributed by atoms with E-state index in [4.69, 9.17) is 33.6 Å². The van der Waals surface area contributed by atoms with Crippen molar-refractivity contribution in [3.63, 3.8) is 0 Å². The predicted octanol–water partition coefficient (Wildman–Crippen LogP) is 2.31. The summed E-state index contributed by atoms with van der Waals surface area (Å²) in [6.45, 7) is 0.514. The van der Waals surface area contributed by atoms with Crippen molar-refractivity contribution in [1.29, 1.82) is 5.26 Å². The Hall–Kier alpha value is -1.74. The van der Waals surface area contributed by atoms with E-state index >= 15 is 0 Å². The van der Waals surface area contributed by atoms with Crippen molar-refractivity contribution in [3.8, 4) is 6.07 Å². The molecular formula is C13H13Cl2N3O2. The summed E-state index contributed by atoms with van der Waals surface area (Å²) in [5.41, 5.74) is 0.370. The summed E-state index contributed by atoms with van der Waals surface area (Å²) in [5.74, 6) is -0.553. The van der Waals surface area contributed by atoms with Crippen LogP contribution in [0.3, 0.4) is 0 Å². The lowest BCUT2D eigenvalue weighted by atomic mass is 10.2. The van der Waals surface area contributed by atoms with Crippen LogP contribution < -0.4 is 10.6 Å². The summed E-state index contributed by atoms with van der Waals surface area (Å²) >= 11 is 11.6. The molecule has 0 aliphatic heterocycles. The zero-order valence-corrected chi connectivity index (χ0v) is 12.0. The van der Waals surface area contributed by atoms with Crippen molar-refractivity contribution in [3.05, 3.63) is 40.0 Å². The van der Waals surface area contributed by atoms with Crippen molar-refractivity contribution in [2.75, 3.05) is 18.5 Å². The van der Waals surface area contributed by atoms with Gasteiger partial charge in [0.15, 0.2) is 0 Å². The molecule has 0 saturated heterocycles. The normalized spacial score (nSPS) is 10.8. The van der Waals surface area contributed by atoms with Gasteiger partial charge in [-0.3, -0.25) is 4.79 Å². The molecule has 20 heavy (non-hydrogen) atoms. The largest absolute Gasteiger partial charge is 0.396 e. The Bertz CT molecular complexity index is 553. The third-order valence-corrected chi connectivity index (χ3v) is 3.01. The molecule has 0 aliphatic rings. The number of aliphatic hydroxyl groups excluding tert-OH is 1. The van der Waals surface area contributed by atoms with E-state index in [0.29, 0.717) is 28.7 Å². The second-order valence-electron chi connectivity index (χ2n) is 3.78. The van der Waals surface area contributed by atoms with Gasteiger partial charge in [-0.25, -0.2) is 0 Å². The number of carbonyl (C=O) groups excluding carboxylic acids is 1. The first kappa shape index (κ1) is 16.3. The maximum atomic E-state index is 11.8. The van der Waals surface area contributed by atoms with Gasteiger partial charge in [-0.05, 0) is 24.6 Å². The van der Waals surface area contributed by atoms with Gasteiger partial charge in [-0.2, -0.15) is 5.26 Å². The molecule has 7 heteroatoms. The molecule has 1 aromatic carbocycles. The molecule has 106 valence electrons. The van der Waals surface area contributed by atoms with E-state index in [-0.39, 0.29) is 12.2 Å². The number of nitriles is 1. The molecule has 1 aromatic rings. The Morgan fingerprint density at radius 1 is 1.40 bits per heavy atom. The van der Waals surface area contributed by atoms with Gasteiger partial charge in [0.05, 0.1) is 10.0 Å². The molecule has 5 nitrogen and oxygen atoms in total. The Balaban J connectivity index is 2.67. The molecule has 0 radical (unpaired) electrons. The number of rotatable bonds is 6. The minimum absolute atomic E-state index is 0.0399. The average molecular weight is 314 g/mol. The van der Waals surface area contributed by atoms with Gasteiger partial charge in [0.1, 0.15) is 11.6 Å². The molecular weight excluding hydrogens is 301 g/mol. The van der Waals surface area contributed by atoms with Gasteiger partial charge in [-0.15, -0.1) is 0 Å². The van der Waals surface area contributed by atoms with E-state index in [9.17, 15) is 4.79 Å². The topological polar surface area (TPSA) is 85.2 Å².